The molecule has 288 valence electrons. The Labute approximate surface area is 321 Å². The first-order valence-corrected chi connectivity index (χ1v) is 18.5. The number of phenols is 1. The van der Waals surface area contributed by atoms with E-state index in [0.29, 0.717) is 22.6 Å². The number of aromatic nitrogens is 3. The molecule has 8 rings (SSSR count). The zero-order valence-electron chi connectivity index (χ0n) is 31.5. The van der Waals surface area contributed by atoms with E-state index in [4.69, 9.17) is 34.0 Å². The van der Waals surface area contributed by atoms with E-state index in [2.05, 4.69) is 15.6 Å². The highest BCUT2D eigenvalue weighted by Gasteiger charge is 2.60. The van der Waals surface area contributed by atoms with Crippen LogP contribution >= 0.6 is 0 Å². The molecule has 14 nitrogen and oxygen atoms in total. The molecule has 3 unspecified atom stereocenters. The van der Waals surface area contributed by atoms with E-state index >= 15 is 0 Å². The van der Waals surface area contributed by atoms with Crippen LogP contribution in [0.15, 0.2) is 88.0 Å². The number of oxazole rings is 2. The van der Waals surface area contributed by atoms with E-state index in [1.807, 2.05) is 58.2 Å². The van der Waals surface area contributed by atoms with E-state index in [0.717, 1.165) is 16.5 Å². The standard InChI is InChI=1S/C42H42N6O8/c1-20(2)33(43)38(52)46-29-17-23-14-15-30(50)27(16-23)42(26-11-7-9-13-31(26)55-41(42)53-22(5)49)36-35(48-40(56-36)34(21(3)4)47-37(29)51)39-45-19-32(54-39)25-18-44-28-12-8-6-10-24(25)28/h6-16,18-21,29,33-34,41,44,50H,17,43H2,1-5H3,(H,46,52)(H,47,51)/t29-,33?,34-,41?,42?/m0/s1. The number of hydrogen-bond donors (Lipinski definition) is 5. The Balaban J connectivity index is 1.40. The number of ether oxygens (including phenoxy) is 2. The molecule has 0 fully saturated rings. The van der Waals surface area contributed by atoms with Crippen molar-refractivity contribution in [3.8, 4) is 34.4 Å². The summed E-state index contributed by atoms with van der Waals surface area (Å²) < 4.78 is 25.8. The molecule has 0 radical (unpaired) electrons. The number of fused-ring (bicyclic) bond motifs is 9. The van der Waals surface area contributed by atoms with Crippen molar-refractivity contribution in [2.75, 3.05) is 0 Å². The molecule has 6 N–H and O–H groups in total. The minimum Gasteiger partial charge on any atom is -0.508 e. The zero-order valence-corrected chi connectivity index (χ0v) is 31.5. The summed E-state index contributed by atoms with van der Waals surface area (Å²) in [6, 6.07) is 16.9. The Bertz CT molecular complexity index is 2480. The molecule has 5 atom stereocenters. The second-order valence-electron chi connectivity index (χ2n) is 15.0. The van der Waals surface area contributed by atoms with Crippen LogP contribution in [-0.4, -0.2) is 56.2 Å². The third-order valence-electron chi connectivity index (χ3n) is 10.5. The maximum Gasteiger partial charge on any atom is 0.305 e. The van der Waals surface area contributed by atoms with Crippen molar-refractivity contribution in [1.29, 1.82) is 0 Å². The van der Waals surface area contributed by atoms with Crippen LogP contribution in [-0.2, 0) is 31.0 Å². The minimum absolute atomic E-state index is 0.0181. The predicted molar refractivity (Wildman–Crippen MR) is 204 cm³/mol. The van der Waals surface area contributed by atoms with Crippen LogP contribution < -0.4 is 21.1 Å². The number of aromatic hydroxyl groups is 1. The maximum atomic E-state index is 14.2. The molecule has 5 heterocycles. The third-order valence-corrected chi connectivity index (χ3v) is 10.5. The molecule has 56 heavy (non-hydrogen) atoms. The van der Waals surface area contributed by atoms with Gasteiger partial charge in [0.05, 0.1) is 12.2 Å². The molecule has 14 heteroatoms. The number of hydrogen-bond acceptors (Lipinski definition) is 11. The number of H-pyrrole nitrogens is 1. The van der Waals surface area contributed by atoms with Gasteiger partial charge >= 0.3 is 5.97 Å². The topological polar surface area (TPSA) is 208 Å². The molecule has 1 spiro atoms. The van der Waals surface area contributed by atoms with E-state index in [9.17, 15) is 19.5 Å². The van der Waals surface area contributed by atoms with Gasteiger partial charge in [-0.15, -0.1) is 0 Å². The smallest absolute Gasteiger partial charge is 0.305 e. The first-order valence-electron chi connectivity index (χ1n) is 18.5. The third kappa shape index (κ3) is 6.06. The Hall–Kier alpha value is -6.41. The number of nitrogens with zero attached hydrogens (tertiary/aromatic N) is 2. The lowest BCUT2D eigenvalue weighted by Gasteiger charge is -2.33. The van der Waals surface area contributed by atoms with Gasteiger partial charge in [-0.05, 0) is 35.6 Å². The van der Waals surface area contributed by atoms with Crippen molar-refractivity contribution in [3.05, 3.63) is 107 Å². The molecule has 4 bridgehead atoms. The average molecular weight is 759 g/mol. The van der Waals surface area contributed by atoms with Crippen LogP contribution in [0, 0.1) is 11.8 Å². The van der Waals surface area contributed by atoms with E-state index < -0.39 is 47.6 Å². The Morgan fingerprint density at radius 1 is 1.04 bits per heavy atom. The van der Waals surface area contributed by atoms with Gasteiger partial charge in [0, 0.05) is 47.1 Å². The Kier molecular flexibility index (Phi) is 9.15. The molecule has 6 aromatic rings. The Morgan fingerprint density at radius 3 is 2.57 bits per heavy atom. The van der Waals surface area contributed by atoms with Gasteiger partial charge < -0.3 is 44.8 Å². The summed E-state index contributed by atoms with van der Waals surface area (Å²) in [6.07, 6.45) is 2.01. The first-order chi connectivity index (χ1) is 26.9. The first kappa shape index (κ1) is 36.6. The summed E-state index contributed by atoms with van der Waals surface area (Å²) in [6.45, 7) is 8.69. The van der Waals surface area contributed by atoms with Gasteiger partial charge in [0.2, 0.25) is 23.6 Å². The molecule has 3 aromatic carbocycles. The van der Waals surface area contributed by atoms with Gasteiger partial charge in [-0.25, -0.2) is 9.97 Å². The lowest BCUT2D eigenvalue weighted by Crippen LogP contribution is -2.54. The normalized spacial score (nSPS) is 20.9. The summed E-state index contributed by atoms with van der Waals surface area (Å²) in [5.41, 5.74) is 7.59. The predicted octanol–water partition coefficient (Wildman–Crippen LogP) is 5.64. The second kappa shape index (κ2) is 14.0. The molecule has 0 saturated carbocycles. The van der Waals surface area contributed by atoms with Crippen LogP contribution in [0.25, 0.3) is 33.8 Å². The van der Waals surface area contributed by atoms with Crippen LogP contribution in [0.5, 0.6) is 11.5 Å². The molecule has 2 aliphatic rings. The van der Waals surface area contributed by atoms with Crippen LogP contribution in [0.3, 0.4) is 0 Å². The highest BCUT2D eigenvalue weighted by Crippen LogP contribution is 2.57. The number of carbonyl (C=O) groups is 3. The summed E-state index contributed by atoms with van der Waals surface area (Å²) in [7, 11) is 0. The number of nitrogens with one attached hydrogen (secondary N) is 3. The van der Waals surface area contributed by atoms with Gasteiger partial charge in [-0.3, -0.25) is 14.4 Å². The van der Waals surface area contributed by atoms with Gasteiger partial charge in [-0.2, -0.15) is 0 Å². The molecule has 0 aliphatic carbocycles. The molecule has 3 aromatic heterocycles. The van der Waals surface area contributed by atoms with Crippen LogP contribution in [0.1, 0.15) is 69.0 Å². The number of benzene rings is 3. The number of esters is 1. The number of amides is 2. The molecule has 2 amide bonds. The minimum atomic E-state index is -1.71. The molecule has 0 saturated heterocycles. The van der Waals surface area contributed by atoms with E-state index in [-0.39, 0.29) is 52.8 Å². The summed E-state index contributed by atoms with van der Waals surface area (Å²) in [5, 5.41) is 18.7. The van der Waals surface area contributed by atoms with Gasteiger partial charge in [0.1, 0.15) is 23.6 Å². The van der Waals surface area contributed by atoms with Crippen molar-refractivity contribution >= 4 is 28.7 Å². The van der Waals surface area contributed by atoms with Crippen LogP contribution in [0.4, 0.5) is 0 Å². The summed E-state index contributed by atoms with van der Waals surface area (Å²) in [4.78, 5) is 53.4. The lowest BCUT2D eigenvalue weighted by molar-refractivity contribution is -0.164. The van der Waals surface area contributed by atoms with Crippen molar-refractivity contribution in [2.45, 2.75) is 70.9 Å². The maximum absolute atomic E-state index is 14.2. The number of aromatic amines is 1. The number of rotatable bonds is 7. The fraction of sp³-hybridized carbons (Fsp3) is 0.310. The van der Waals surface area contributed by atoms with Gasteiger partial charge in [0.15, 0.2) is 22.6 Å². The SMILES string of the molecule is CC(=O)OC1Oc2ccccc2C12c1cc(ccc1O)C[C@H](NC(=O)C(N)C(C)C)C(=O)N[C@@H](C(C)C)c1nc(-c3ncc(-c4c[nH]c5ccccc45)o3)c2o1. The summed E-state index contributed by atoms with van der Waals surface area (Å²) in [5.74, 6) is -1.27. The molecule has 2 aliphatic heterocycles. The van der Waals surface area contributed by atoms with Gasteiger partial charge in [0.25, 0.3) is 6.29 Å². The zero-order chi connectivity index (χ0) is 39.5. The quantitative estimate of drug-likeness (QED) is 0.126. The second-order valence-corrected chi connectivity index (χ2v) is 15.0. The Morgan fingerprint density at radius 2 is 1.80 bits per heavy atom. The van der Waals surface area contributed by atoms with Gasteiger partial charge in [-0.1, -0.05) is 76.2 Å². The van der Waals surface area contributed by atoms with Crippen molar-refractivity contribution < 1.29 is 37.8 Å². The molecular formula is C42H42N6O8. The fourth-order valence-electron chi connectivity index (χ4n) is 7.59. The van der Waals surface area contributed by atoms with Crippen molar-refractivity contribution in [1.82, 2.24) is 25.6 Å². The van der Waals surface area contributed by atoms with E-state index in [1.165, 1.54) is 13.0 Å². The lowest BCUT2D eigenvalue weighted by atomic mass is 9.71. The summed E-state index contributed by atoms with van der Waals surface area (Å²) >= 11 is 0. The van der Waals surface area contributed by atoms with Crippen molar-refractivity contribution in [3.63, 3.8) is 0 Å². The number of phenolic OH excluding ortho intramolecular Hbond substituents is 1. The van der Waals surface area contributed by atoms with Crippen LogP contribution in [0.2, 0.25) is 0 Å². The number of para-hydroxylation sites is 2. The highest BCUT2D eigenvalue weighted by molar-refractivity contribution is 5.94. The number of carbonyl (C=O) groups excluding carboxylic acids is 3. The average Bonchev–Trinajstić information content (AvgIpc) is 3.97. The van der Waals surface area contributed by atoms with E-state index in [1.54, 1.807) is 42.6 Å². The molecular weight excluding hydrogens is 716 g/mol. The monoisotopic (exact) mass is 758 g/mol. The highest BCUT2D eigenvalue weighted by atomic mass is 16.7. The largest absolute Gasteiger partial charge is 0.508 e. The van der Waals surface area contributed by atoms with Crippen molar-refractivity contribution in [2.24, 2.45) is 17.6 Å². The fourth-order valence-corrected chi connectivity index (χ4v) is 7.59. The number of nitrogens with two attached hydrogens (primary N) is 1.